The van der Waals surface area contributed by atoms with Crippen molar-refractivity contribution in [2.24, 2.45) is 5.92 Å². The van der Waals surface area contributed by atoms with Crippen molar-refractivity contribution in [1.82, 2.24) is 4.98 Å². The molecule has 1 rings (SSSR count). The first kappa shape index (κ1) is 16.4. The van der Waals surface area contributed by atoms with E-state index < -0.39 is 5.97 Å². The quantitative estimate of drug-likeness (QED) is 0.716. The molecule has 1 aromatic rings. The lowest BCUT2D eigenvalue weighted by molar-refractivity contribution is 0.0696. The molecule has 0 saturated heterocycles. The number of aryl methyl sites for hydroxylation is 2. The Kier molecular flexibility index (Phi) is 6.45. The minimum atomic E-state index is -0.960. The van der Waals surface area contributed by atoms with E-state index in [9.17, 15) is 9.90 Å². The summed E-state index contributed by atoms with van der Waals surface area (Å²) in [6, 6.07) is 1.75. The van der Waals surface area contributed by atoms with Gasteiger partial charge < -0.3 is 15.2 Å². The monoisotopic (exact) mass is 280 g/mol. The fraction of sp³-hybridized carbons (Fsp3) is 0.600. The zero-order chi connectivity index (χ0) is 15.1. The zero-order valence-corrected chi connectivity index (χ0v) is 12.7. The molecule has 5 heteroatoms. The van der Waals surface area contributed by atoms with Crippen LogP contribution in [0.4, 0.5) is 5.69 Å². The summed E-state index contributed by atoms with van der Waals surface area (Å²) in [4.78, 5) is 15.4. The van der Waals surface area contributed by atoms with Crippen LogP contribution in [-0.2, 0) is 4.74 Å². The van der Waals surface area contributed by atoms with Gasteiger partial charge >= 0.3 is 5.97 Å². The maximum absolute atomic E-state index is 11.3. The van der Waals surface area contributed by atoms with E-state index in [2.05, 4.69) is 24.1 Å². The molecule has 0 amide bonds. The van der Waals surface area contributed by atoms with Crippen molar-refractivity contribution in [3.05, 3.63) is 23.0 Å². The maximum atomic E-state index is 11.3. The Morgan fingerprint density at radius 1 is 1.40 bits per heavy atom. The fourth-order valence-corrected chi connectivity index (χ4v) is 1.92. The number of pyridine rings is 1. The third kappa shape index (κ3) is 5.17. The summed E-state index contributed by atoms with van der Waals surface area (Å²) in [6.45, 7) is 9.75. The van der Waals surface area contributed by atoms with Gasteiger partial charge in [0.1, 0.15) is 5.56 Å². The van der Waals surface area contributed by atoms with Crippen LogP contribution in [-0.4, -0.2) is 35.8 Å². The highest BCUT2D eigenvalue weighted by Crippen LogP contribution is 2.19. The van der Waals surface area contributed by atoms with E-state index in [1.165, 1.54) is 0 Å². The van der Waals surface area contributed by atoms with Gasteiger partial charge in [-0.25, -0.2) is 4.79 Å². The molecule has 0 aliphatic rings. The number of aromatic nitrogens is 1. The van der Waals surface area contributed by atoms with Crippen molar-refractivity contribution in [3.63, 3.8) is 0 Å². The number of rotatable bonds is 8. The van der Waals surface area contributed by atoms with Crippen LogP contribution in [0.25, 0.3) is 0 Å². The molecular weight excluding hydrogens is 256 g/mol. The number of hydrogen-bond acceptors (Lipinski definition) is 4. The molecule has 0 saturated carbocycles. The topological polar surface area (TPSA) is 71.5 Å². The van der Waals surface area contributed by atoms with E-state index in [1.54, 1.807) is 13.0 Å². The van der Waals surface area contributed by atoms with Gasteiger partial charge in [-0.15, -0.1) is 0 Å². The highest BCUT2D eigenvalue weighted by Gasteiger charge is 2.14. The van der Waals surface area contributed by atoms with Crippen molar-refractivity contribution in [2.45, 2.75) is 34.1 Å². The molecule has 5 nitrogen and oxygen atoms in total. The molecule has 0 unspecified atom stereocenters. The molecule has 0 fully saturated rings. The van der Waals surface area contributed by atoms with Crippen LogP contribution in [0.5, 0.6) is 0 Å². The summed E-state index contributed by atoms with van der Waals surface area (Å²) in [5.41, 5.74) is 2.17. The first-order valence-corrected chi connectivity index (χ1v) is 6.95. The number of ether oxygens (including phenoxy) is 1. The highest BCUT2D eigenvalue weighted by molar-refractivity contribution is 5.95. The van der Waals surface area contributed by atoms with Crippen LogP contribution < -0.4 is 5.32 Å². The second-order valence-corrected chi connectivity index (χ2v) is 5.30. The van der Waals surface area contributed by atoms with E-state index in [4.69, 9.17) is 4.74 Å². The minimum absolute atomic E-state index is 0.234. The number of hydrogen-bond donors (Lipinski definition) is 2. The Hall–Kier alpha value is -1.62. The number of nitrogens with one attached hydrogen (secondary N) is 1. The van der Waals surface area contributed by atoms with Crippen molar-refractivity contribution < 1.29 is 14.6 Å². The van der Waals surface area contributed by atoms with Crippen LogP contribution in [0.15, 0.2) is 6.07 Å². The smallest absolute Gasteiger partial charge is 0.339 e. The number of nitrogens with zero attached hydrogens (tertiary/aromatic N) is 1. The second kappa shape index (κ2) is 7.85. The van der Waals surface area contributed by atoms with Crippen molar-refractivity contribution in [2.75, 3.05) is 25.1 Å². The van der Waals surface area contributed by atoms with Gasteiger partial charge in [0, 0.05) is 18.8 Å². The molecule has 2 N–H and O–H groups in total. The summed E-state index contributed by atoms with van der Waals surface area (Å²) >= 11 is 0. The van der Waals surface area contributed by atoms with Gasteiger partial charge in [-0.05, 0) is 32.3 Å². The molecule has 0 aromatic carbocycles. The number of anilines is 1. The SMILES string of the molecule is Cc1cc(NCCOCCC(C)C)c(C(=O)O)c(C)n1. The number of carbonyl (C=O) groups is 1. The summed E-state index contributed by atoms with van der Waals surface area (Å²) < 4.78 is 5.50. The lowest BCUT2D eigenvalue weighted by Crippen LogP contribution is -2.15. The van der Waals surface area contributed by atoms with Crippen LogP contribution in [0.1, 0.15) is 42.0 Å². The van der Waals surface area contributed by atoms with E-state index in [0.717, 1.165) is 18.7 Å². The third-order valence-electron chi connectivity index (χ3n) is 2.94. The maximum Gasteiger partial charge on any atom is 0.339 e. The molecule has 0 aliphatic carbocycles. The predicted molar refractivity (Wildman–Crippen MR) is 79.4 cm³/mol. The first-order chi connectivity index (χ1) is 9.41. The molecule has 20 heavy (non-hydrogen) atoms. The number of carboxylic acid groups (broad SMARTS) is 1. The summed E-state index contributed by atoms with van der Waals surface area (Å²) in [7, 11) is 0. The Labute approximate surface area is 120 Å². The van der Waals surface area contributed by atoms with E-state index in [0.29, 0.717) is 30.5 Å². The molecule has 0 aliphatic heterocycles. The van der Waals surface area contributed by atoms with Crippen molar-refractivity contribution in [1.29, 1.82) is 0 Å². The fourth-order valence-electron chi connectivity index (χ4n) is 1.92. The molecule has 112 valence electrons. The molecule has 0 atom stereocenters. The molecule has 1 heterocycles. The van der Waals surface area contributed by atoms with Crippen molar-refractivity contribution >= 4 is 11.7 Å². The number of aromatic carboxylic acids is 1. The Morgan fingerprint density at radius 3 is 2.70 bits per heavy atom. The Morgan fingerprint density at radius 2 is 2.10 bits per heavy atom. The van der Waals surface area contributed by atoms with Crippen LogP contribution in [0.3, 0.4) is 0 Å². The van der Waals surface area contributed by atoms with Gasteiger partial charge in [0.05, 0.1) is 18.0 Å². The third-order valence-corrected chi connectivity index (χ3v) is 2.94. The van der Waals surface area contributed by atoms with E-state index >= 15 is 0 Å². The van der Waals surface area contributed by atoms with Gasteiger partial charge in [0.2, 0.25) is 0 Å². The standard InChI is InChI=1S/C15H24N2O3/c1-10(2)5-7-20-8-6-16-13-9-11(3)17-12(4)14(13)15(18)19/h9-10H,5-8H2,1-4H3,(H,16,17)(H,18,19). The van der Waals surface area contributed by atoms with E-state index in [-0.39, 0.29) is 5.56 Å². The van der Waals surface area contributed by atoms with Gasteiger partial charge in [-0.1, -0.05) is 13.8 Å². The Bertz CT molecular complexity index is 459. The van der Waals surface area contributed by atoms with Gasteiger partial charge in [0.25, 0.3) is 0 Å². The van der Waals surface area contributed by atoms with Crippen LogP contribution >= 0.6 is 0 Å². The van der Waals surface area contributed by atoms with Crippen LogP contribution in [0, 0.1) is 19.8 Å². The molecule has 0 radical (unpaired) electrons. The average Bonchev–Trinajstić information content (AvgIpc) is 2.31. The lowest BCUT2D eigenvalue weighted by atomic mass is 10.1. The lowest BCUT2D eigenvalue weighted by Gasteiger charge is -2.13. The van der Waals surface area contributed by atoms with E-state index in [1.807, 2.05) is 6.92 Å². The molecular formula is C15H24N2O3. The van der Waals surface area contributed by atoms with Crippen LogP contribution in [0.2, 0.25) is 0 Å². The zero-order valence-electron chi connectivity index (χ0n) is 12.7. The predicted octanol–water partition coefficient (Wildman–Crippen LogP) is 2.87. The molecule has 1 aromatic heterocycles. The summed E-state index contributed by atoms with van der Waals surface area (Å²) in [6.07, 6.45) is 1.04. The minimum Gasteiger partial charge on any atom is -0.478 e. The summed E-state index contributed by atoms with van der Waals surface area (Å²) in [5.74, 6) is -0.328. The second-order valence-electron chi connectivity index (χ2n) is 5.30. The van der Waals surface area contributed by atoms with Gasteiger partial charge in [0.15, 0.2) is 0 Å². The van der Waals surface area contributed by atoms with Crippen molar-refractivity contribution in [3.8, 4) is 0 Å². The summed E-state index contributed by atoms with van der Waals surface area (Å²) in [5, 5.41) is 12.3. The van der Waals surface area contributed by atoms with Gasteiger partial charge in [-0.2, -0.15) is 0 Å². The first-order valence-electron chi connectivity index (χ1n) is 6.95. The van der Waals surface area contributed by atoms with Gasteiger partial charge in [-0.3, -0.25) is 4.98 Å². The normalized spacial score (nSPS) is 10.8. The molecule has 0 spiro atoms. The Balaban J connectivity index is 2.53. The number of carboxylic acids is 1. The highest BCUT2D eigenvalue weighted by atomic mass is 16.5. The largest absolute Gasteiger partial charge is 0.478 e. The average molecular weight is 280 g/mol. The molecule has 0 bridgehead atoms.